The zero-order valence-electron chi connectivity index (χ0n) is 11.3. The molecule has 0 bridgehead atoms. The molecule has 2 rings (SSSR count). The van der Waals surface area contributed by atoms with Crippen LogP contribution in [0, 0.1) is 5.92 Å². The van der Waals surface area contributed by atoms with Crippen LogP contribution in [0.5, 0.6) is 0 Å². The quantitative estimate of drug-likeness (QED) is 0.792. The van der Waals surface area contributed by atoms with Crippen molar-refractivity contribution in [3.05, 3.63) is 0 Å². The van der Waals surface area contributed by atoms with E-state index in [0.717, 1.165) is 19.3 Å². The van der Waals surface area contributed by atoms with Crippen molar-refractivity contribution < 1.29 is 13.2 Å². The highest BCUT2D eigenvalue weighted by molar-refractivity contribution is 7.92. The summed E-state index contributed by atoms with van der Waals surface area (Å²) in [5, 5.41) is 2.04. The van der Waals surface area contributed by atoms with E-state index in [4.69, 9.17) is 5.73 Å². The minimum absolute atomic E-state index is 0.0628. The zero-order chi connectivity index (χ0) is 13.9. The third-order valence-corrected chi connectivity index (χ3v) is 6.60. The molecule has 1 heterocycles. The van der Waals surface area contributed by atoms with Crippen molar-refractivity contribution in [1.29, 1.82) is 0 Å². The lowest BCUT2D eigenvalue weighted by molar-refractivity contribution is -0.121. The number of hydrogen-bond donors (Lipinski definition) is 2. The Morgan fingerprint density at radius 3 is 2.37 bits per heavy atom. The van der Waals surface area contributed by atoms with Gasteiger partial charge in [-0.25, -0.2) is 8.42 Å². The second kappa shape index (κ2) is 6.22. The molecule has 3 N–H and O–H groups in total. The molecule has 6 heteroatoms. The molecule has 1 saturated carbocycles. The van der Waals surface area contributed by atoms with Crippen LogP contribution in [0.15, 0.2) is 0 Å². The monoisotopic (exact) mass is 288 g/mol. The van der Waals surface area contributed by atoms with Gasteiger partial charge in [-0.05, 0) is 31.6 Å². The predicted octanol–water partition coefficient (Wildman–Crippen LogP) is 0.587. The summed E-state index contributed by atoms with van der Waals surface area (Å²) in [5.74, 6) is 0.226. The van der Waals surface area contributed by atoms with Crippen LogP contribution in [0.2, 0.25) is 0 Å². The van der Waals surface area contributed by atoms with E-state index in [0.29, 0.717) is 25.3 Å². The Morgan fingerprint density at radius 2 is 1.79 bits per heavy atom. The maximum absolute atomic E-state index is 12.2. The molecule has 19 heavy (non-hydrogen) atoms. The maximum atomic E-state index is 12.2. The Balaban J connectivity index is 1.98. The van der Waals surface area contributed by atoms with E-state index in [2.05, 4.69) is 5.32 Å². The van der Waals surface area contributed by atoms with Crippen LogP contribution in [0.4, 0.5) is 0 Å². The fraction of sp³-hybridized carbons (Fsp3) is 0.923. The van der Waals surface area contributed by atoms with Crippen molar-refractivity contribution in [2.45, 2.75) is 56.2 Å². The van der Waals surface area contributed by atoms with E-state index in [-0.39, 0.29) is 17.7 Å². The first-order valence-corrected chi connectivity index (χ1v) is 8.98. The highest BCUT2D eigenvalue weighted by atomic mass is 32.2. The normalized spacial score (nSPS) is 29.0. The van der Waals surface area contributed by atoms with Gasteiger partial charge in [-0.1, -0.05) is 19.3 Å². The lowest BCUT2D eigenvalue weighted by Crippen LogP contribution is -2.51. The SMILES string of the molecule is NCC(NC(=O)C1CCCCS1(=O)=O)C1CCCC1. The van der Waals surface area contributed by atoms with Gasteiger partial charge in [-0.3, -0.25) is 4.79 Å². The first kappa shape index (κ1) is 14.8. The Hall–Kier alpha value is -0.620. The van der Waals surface area contributed by atoms with Crippen LogP contribution in [-0.2, 0) is 14.6 Å². The van der Waals surface area contributed by atoms with Crippen molar-refractivity contribution in [1.82, 2.24) is 5.32 Å². The molecule has 2 fully saturated rings. The number of carbonyl (C=O) groups excluding carboxylic acids is 1. The lowest BCUT2D eigenvalue weighted by atomic mass is 9.98. The van der Waals surface area contributed by atoms with Crippen molar-refractivity contribution in [2.75, 3.05) is 12.3 Å². The van der Waals surface area contributed by atoms with Gasteiger partial charge in [0.15, 0.2) is 9.84 Å². The highest BCUT2D eigenvalue weighted by Gasteiger charge is 2.36. The van der Waals surface area contributed by atoms with E-state index < -0.39 is 15.1 Å². The van der Waals surface area contributed by atoms with Gasteiger partial charge >= 0.3 is 0 Å². The van der Waals surface area contributed by atoms with E-state index >= 15 is 0 Å². The topological polar surface area (TPSA) is 89.3 Å². The van der Waals surface area contributed by atoms with Crippen LogP contribution < -0.4 is 11.1 Å². The van der Waals surface area contributed by atoms with Gasteiger partial charge in [-0.15, -0.1) is 0 Å². The molecule has 0 aromatic carbocycles. The Labute approximate surface area is 115 Å². The molecule has 0 aromatic rings. The molecule has 5 nitrogen and oxygen atoms in total. The van der Waals surface area contributed by atoms with E-state index in [9.17, 15) is 13.2 Å². The van der Waals surface area contributed by atoms with Gasteiger partial charge in [0.05, 0.1) is 5.75 Å². The number of amides is 1. The molecule has 0 spiro atoms. The molecular weight excluding hydrogens is 264 g/mol. The second-order valence-corrected chi connectivity index (χ2v) is 8.05. The summed E-state index contributed by atoms with van der Waals surface area (Å²) >= 11 is 0. The van der Waals surface area contributed by atoms with Gasteiger partial charge in [0.25, 0.3) is 0 Å². The summed E-state index contributed by atoms with van der Waals surface area (Å²) in [5.41, 5.74) is 5.73. The minimum atomic E-state index is -3.25. The first-order valence-electron chi connectivity index (χ1n) is 7.26. The van der Waals surface area contributed by atoms with Crippen molar-refractivity contribution in [3.8, 4) is 0 Å². The first-order chi connectivity index (χ1) is 9.04. The van der Waals surface area contributed by atoms with Gasteiger partial charge < -0.3 is 11.1 Å². The van der Waals surface area contributed by atoms with Crippen LogP contribution in [-0.4, -0.2) is 37.9 Å². The summed E-state index contributed by atoms with van der Waals surface area (Å²) < 4.78 is 23.8. The van der Waals surface area contributed by atoms with E-state index in [1.807, 2.05) is 0 Å². The summed E-state index contributed by atoms with van der Waals surface area (Å²) in [4.78, 5) is 12.2. The third kappa shape index (κ3) is 3.48. The van der Waals surface area contributed by atoms with Crippen LogP contribution in [0.1, 0.15) is 44.9 Å². The Kier molecular flexibility index (Phi) is 4.84. The fourth-order valence-electron chi connectivity index (χ4n) is 3.25. The average Bonchev–Trinajstić information content (AvgIpc) is 2.88. The highest BCUT2D eigenvalue weighted by Crippen LogP contribution is 2.28. The molecule has 110 valence electrons. The molecule has 2 atom stereocenters. The van der Waals surface area contributed by atoms with Crippen molar-refractivity contribution >= 4 is 15.7 Å². The largest absolute Gasteiger partial charge is 0.351 e. The lowest BCUT2D eigenvalue weighted by Gasteiger charge is -2.27. The number of nitrogens with two attached hydrogens (primary N) is 1. The van der Waals surface area contributed by atoms with E-state index in [1.54, 1.807) is 0 Å². The number of nitrogens with one attached hydrogen (secondary N) is 1. The molecule has 0 aromatic heterocycles. The van der Waals surface area contributed by atoms with Gasteiger partial charge in [0.2, 0.25) is 5.91 Å². The zero-order valence-corrected chi connectivity index (χ0v) is 12.1. The van der Waals surface area contributed by atoms with Crippen molar-refractivity contribution in [2.24, 2.45) is 11.7 Å². The second-order valence-electron chi connectivity index (χ2n) is 5.75. The maximum Gasteiger partial charge on any atom is 0.238 e. The number of hydrogen-bond acceptors (Lipinski definition) is 4. The summed E-state index contributed by atoms with van der Waals surface area (Å²) in [6.07, 6.45) is 6.47. The number of rotatable bonds is 4. The molecule has 0 radical (unpaired) electrons. The van der Waals surface area contributed by atoms with Gasteiger partial charge in [0.1, 0.15) is 5.25 Å². The van der Waals surface area contributed by atoms with Crippen LogP contribution >= 0.6 is 0 Å². The summed E-state index contributed by atoms with van der Waals surface area (Å²) in [7, 11) is -3.25. The number of carbonyl (C=O) groups is 1. The van der Waals surface area contributed by atoms with Gasteiger partial charge in [0, 0.05) is 12.6 Å². The molecule has 1 aliphatic carbocycles. The van der Waals surface area contributed by atoms with Gasteiger partial charge in [-0.2, -0.15) is 0 Å². The molecule has 1 amide bonds. The number of sulfone groups is 1. The fourth-order valence-corrected chi connectivity index (χ4v) is 5.06. The van der Waals surface area contributed by atoms with Crippen LogP contribution in [0.25, 0.3) is 0 Å². The standard InChI is InChI=1S/C13H24N2O3S/c14-9-11(10-5-1-2-6-10)15-13(16)12-7-3-4-8-19(12,17)18/h10-12H,1-9,14H2,(H,15,16). The average molecular weight is 288 g/mol. The molecular formula is C13H24N2O3S. The Bertz CT molecular complexity index is 416. The molecule has 1 saturated heterocycles. The van der Waals surface area contributed by atoms with Crippen LogP contribution in [0.3, 0.4) is 0 Å². The molecule has 2 unspecified atom stereocenters. The predicted molar refractivity (Wildman–Crippen MR) is 74.4 cm³/mol. The van der Waals surface area contributed by atoms with E-state index in [1.165, 1.54) is 12.8 Å². The third-order valence-electron chi connectivity index (χ3n) is 4.42. The molecule has 1 aliphatic heterocycles. The smallest absolute Gasteiger partial charge is 0.238 e. The van der Waals surface area contributed by atoms with Crippen molar-refractivity contribution in [3.63, 3.8) is 0 Å². The Morgan fingerprint density at radius 1 is 1.16 bits per heavy atom. The summed E-state index contributed by atoms with van der Waals surface area (Å²) in [6, 6.07) is -0.0628. The minimum Gasteiger partial charge on any atom is -0.351 e. The molecule has 2 aliphatic rings. The summed E-state index contributed by atoms with van der Waals surface area (Å²) in [6.45, 7) is 0.392.